The Labute approximate surface area is 244 Å². The number of anilines is 1. The molecule has 0 aliphatic carbocycles. The van der Waals surface area contributed by atoms with Crippen molar-refractivity contribution in [3.63, 3.8) is 0 Å². The lowest BCUT2D eigenvalue weighted by atomic mass is 10.0. The Morgan fingerprint density at radius 1 is 0.929 bits per heavy atom. The molecule has 216 valence electrons. The maximum absolute atomic E-state index is 13.1. The van der Waals surface area contributed by atoms with E-state index in [0.29, 0.717) is 44.1 Å². The average molecular weight is 567 g/mol. The minimum absolute atomic E-state index is 0.0134. The highest BCUT2D eigenvalue weighted by atomic mass is 16.5. The molecule has 2 N–H and O–H groups in total. The van der Waals surface area contributed by atoms with E-state index in [1.54, 1.807) is 17.0 Å². The van der Waals surface area contributed by atoms with E-state index in [2.05, 4.69) is 21.3 Å². The highest BCUT2D eigenvalue weighted by Gasteiger charge is 2.32. The molecule has 1 saturated heterocycles. The number of rotatable bonds is 10. The van der Waals surface area contributed by atoms with Gasteiger partial charge in [0.2, 0.25) is 5.91 Å². The summed E-state index contributed by atoms with van der Waals surface area (Å²) < 4.78 is 6.06. The molecule has 4 aromatic rings. The van der Waals surface area contributed by atoms with Crippen LogP contribution in [0.2, 0.25) is 0 Å². The van der Waals surface area contributed by atoms with Crippen molar-refractivity contribution in [2.45, 2.75) is 20.0 Å². The summed E-state index contributed by atoms with van der Waals surface area (Å²) in [4.78, 5) is 46.5. The topological polar surface area (TPSA) is 112 Å². The molecule has 42 heavy (non-hydrogen) atoms. The molecule has 5 rings (SSSR count). The van der Waals surface area contributed by atoms with Crippen molar-refractivity contribution in [3.8, 4) is 5.75 Å². The minimum atomic E-state index is -1.25. The predicted molar refractivity (Wildman–Crippen MR) is 161 cm³/mol. The molecular formula is C33H34N4O5. The zero-order valence-corrected chi connectivity index (χ0v) is 23.5. The van der Waals surface area contributed by atoms with Gasteiger partial charge in [-0.25, -0.2) is 4.98 Å². The van der Waals surface area contributed by atoms with Crippen LogP contribution >= 0.6 is 0 Å². The molecule has 9 nitrogen and oxygen atoms in total. The predicted octanol–water partition coefficient (Wildman–Crippen LogP) is 4.29. The Morgan fingerprint density at radius 3 is 2.40 bits per heavy atom. The molecule has 0 bridgehead atoms. The van der Waals surface area contributed by atoms with Gasteiger partial charge in [-0.2, -0.15) is 0 Å². The average Bonchev–Trinajstić information content (AvgIpc) is 3.02. The Hall–Kier alpha value is -4.92. The number of hydrogen-bond donors (Lipinski definition) is 2. The van der Waals surface area contributed by atoms with Crippen LogP contribution < -0.4 is 15.0 Å². The van der Waals surface area contributed by atoms with E-state index in [4.69, 9.17) is 4.74 Å². The SMILES string of the molecule is Cc1cccc(N2CCN(C(=O)C(CCNC(=O)c3cc(OCc4ccccc4)c4ccccc4n3)C(=O)O)CC2)c1. The molecule has 1 aliphatic heterocycles. The Bertz CT molecular complexity index is 1570. The van der Waals surface area contributed by atoms with E-state index in [1.807, 2.05) is 73.7 Å². The molecule has 2 heterocycles. The summed E-state index contributed by atoms with van der Waals surface area (Å²) in [6, 6.07) is 26.9. The van der Waals surface area contributed by atoms with Gasteiger partial charge in [0.05, 0.1) is 5.52 Å². The summed E-state index contributed by atoms with van der Waals surface area (Å²) >= 11 is 0. The monoisotopic (exact) mass is 566 g/mol. The first-order valence-corrected chi connectivity index (χ1v) is 14.1. The molecule has 9 heteroatoms. The number of carbonyl (C=O) groups excluding carboxylic acids is 2. The van der Waals surface area contributed by atoms with Gasteiger partial charge in [0.25, 0.3) is 5.91 Å². The number of nitrogens with one attached hydrogen (secondary N) is 1. The van der Waals surface area contributed by atoms with Crippen LogP contribution in [-0.4, -0.2) is 65.5 Å². The van der Waals surface area contributed by atoms with Gasteiger partial charge in [-0.3, -0.25) is 14.4 Å². The van der Waals surface area contributed by atoms with Gasteiger partial charge in [-0.05, 0) is 48.7 Å². The largest absolute Gasteiger partial charge is 0.488 e. The molecule has 1 unspecified atom stereocenters. The quantitative estimate of drug-likeness (QED) is 0.276. The van der Waals surface area contributed by atoms with Gasteiger partial charge in [0.15, 0.2) is 0 Å². The lowest BCUT2D eigenvalue weighted by molar-refractivity contribution is -0.151. The number of piperazine rings is 1. The number of fused-ring (bicyclic) bond motifs is 1. The molecule has 3 aromatic carbocycles. The Balaban J connectivity index is 1.19. The maximum Gasteiger partial charge on any atom is 0.316 e. The van der Waals surface area contributed by atoms with Crippen LogP contribution in [-0.2, 0) is 16.2 Å². The standard InChI is InChI=1S/C33H34N4O5/c1-23-8-7-11-25(20-23)36-16-18-37(19-17-36)32(39)27(33(40)41)14-15-34-31(38)29-21-30(26-12-5-6-13-28(26)35-29)42-22-24-9-3-2-4-10-24/h2-13,20-21,27H,14-19,22H2,1H3,(H,34,38)(H,40,41). The van der Waals surface area contributed by atoms with Crippen molar-refractivity contribution >= 4 is 34.4 Å². The van der Waals surface area contributed by atoms with Gasteiger partial charge in [-0.15, -0.1) is 0 Å². The molecule has 0 saturated carbocycles. The third kappa shape index (κ3) is 6.86. The third-order valence-electron chi connectivity index (χ3n) is 7.42. The molecular weight excluding hydrogens is 532 g/mol. The van der Waals surface area contributed by atoms with E-state index in [0.717, 1.165) is 22.2 Å². The second kappa shape index (κ2) is 13.2. The Kier molecular flexibility index (Phi) is 8.96. The van der Waals surface area contributed by atoms with Crippen molar-refractivity contribution < 1.29 is 24.2 Å². The number of carboxylic acid groups (broad SMARTS) is 1. The van der Waals surface area contributed by atoms with Crippen LogP contribution in [0, 0.1) is 12.8 Å². The van der Waals surface area contributed by atoms with Crippen LogP contribution in [0.5, 0.6) is 5.75 Å². The van der Waals surface area contributed by atoms with Gasteiger partial charge in [0, 0.05) is 49.9 Å². The minimum Gasteiger partial charge on any atom is -0.488 e. The highest BCUT2D eigenvalue weighted by Crippen LogP contribution is 2.26. The van der Waals surface area contributed by atoms with Crippen LogP contribution in [0.4, 0.5) is 5.69 Å². The van der Waals surface area contributed by atoms with Crippen molar-refractivity contribution in [2.75, 3.05) is 37.6 Å². The fourth-order valence-electron chi connectivity index (χ4n) is 5.12. The number of aromatic nitrogens is 1. The van der Waals surface area contributed by atoms with Gasteiger partial charge in [0.1, 0.15) is 24.0 Å². The number of benzene rings is 3. The summed E-state index contributed by atoms with van der Waals surface area (Å²) in [6.07, 6.45) is -0.0249. The zero-order chi connectivity index (χ0) is 29.5. The van der Waals surface area contributed by atoms with Crippen LogP contribution in [0.25, 0.3) is 10.9 Å². The molecule has 1 aromatic heterocycles. The fourth-order valence-corrected chi connectivity index (χ4v) is 5.12. The lowest BCUT2D eigenvalue weighted by Crippen LogP contribution is -2.51. The first-order valence-electron chi connectivity index (χ1n) is 14.1. The number of aryl methyl sites for hydroxylation is 1. The summed E-state index contributed by atoms with van der Waals surface area (Å²) in [5.74, 6) is -2.81. The number of ether oxygens (including phenoxy) is 1. The second-order valence-electron chi connectivity index (χ2n) is 10.4. The summed E-state index contributed by atoms with van der Waals surface area (Å²) in [5, 5.41) is 13.3. The van der Waals surface area contributed by atoms with E-state index in [9.17, 15) is 19.5 Å². The normalized spacial score (nSPS) is 13.9. The number of carbonyl (C=O) groups is 3. The fraction of sp³-hybridized carbons (Fsp3) is 0.273. The summed E-state index contributed by atoms with van der Waals surface area (Å²) in [5.41, 5.74) is 4.01. The first kappa shape index (κ1) is 28.6. The number of aliphatic carboxylic acids is 1. The van der Waals surface area contributed by atoms with Crippen molar-refractivity contribution in [3.05, 3.63) is 102 Å². The highest BCUT2D eigenvalue weighted by molar-refractivity contribution is 5.98. The van der Waals surface area contributed by atoms with Crippen molar-refractivity contribution in [1.29, 1.82) is 0 Å². The van der Waals surface area contributed by atoms with Gasteiger partial charge < -0.3 is 25.0 Å². The van der Waals surface area contributed by atoms with Gasteiger partial charge in [-0.1, -0.05) is 54.6 Å². The number of carboxylic acids is 1. The van der Waals surface area contributed by atoms with E-state index in [1.165, 1.54) is 0 Å². The summed E-state index contributed by atoms with van der Waals surface area (Å²) in [7, 11) is 0. The Morgan fingerprint density at radius 2 is 1.67 bits per heavy atom. The lowest BCUT2D eigenvalue weighted by Gasteiger charge is -2.37. The van der Waals surface area contributed by atoms with Crippen molar-refractivity contribution in [1.82, 2.24) is 15.2 Å². The number of hydrogen-bond acceptors (Lipinski definition) is 6. The zero-order valence-electron chi connectivity index (χ0n) is 23.5. The molecule has 0 spiro atoms. The molecule has 1 fully saturated rings. The third-order valence-corrected chi connectivity index (χ3v) is 7.42. The number of pyridine rings is 1. The number of nitrogens with zero attached hydrogens (tertiary/aromatic N) is 3. The van der Waals surface area contributed by atoms with E-state index < -0.39 is 23.7 Å². The van der Waals surface area contributed by atoms with Crippen LogP contribution in [0.3, 0.4) is 0 Å². The molecule has 1 atom stereocenters. The maximum atomic E-state index is 13.1. The summed E-state index contributed by atoms with van der Waals surface area (Å²) in [6.45, 7) is 4.51. The van der Waals surface area contributed by atoms with Crippen molar-refractivity contribution in [2.24, 2.45) is 5.92 Å². The van der Waals surface area contributed by atoms with E-state index >= 15 is 0 Å². The van der Waals surface area contributed by atoms with Crippen LogP contribution in [0.15, 0.2) is 84.9 Å². The second-order valence-corrected chi connectivity index (χ2v) is 10.4. The molecule has 1 aliphatic rings. The molecule has 0 radical (unpaired) electrons. The smallest absolute Gasteiger partial charge is 0.316 e. The van der Waals surface area contributed by atoms with Crippen LogP contribution in [0.1, 0.15) is 28.0 Å². The first-order chi connectivity index (χ1) is 20.4. The number of amides is 2. The van der Waals surface area contributed by atoms with E-state index in [-0.39, 0.29) is 18.7 Å². The number of para-hydroxylation sites is 1. The molecule has 2 amide bonds. The van der Waals surface area contributed by atoms with Gasteiger partial charge >= 0.3 is 5.97 Å².